The molecule has 0 spiro atoms. The third-order valence-electron chi connectivity index (χ3n) is 0.878. The molecule has 0 rings (SSSR count). The van der Waals surface area contributed by atoms with Gasteiger partial charge in [0.25, 0.3) is 0 Å². The molecule has 0 aromatic heterocycles. The molecule has 104 valence electrons. The molecule has 17 heavy (non-hydrogen) atoms. The molecule has 5 nitrogen and oxygen atoms in total. The zero-order valence-corrected chi connectivity index (χ0v) is 12.2. The van der Waals surface area contributed by atoms with Crippen molar-refractivity contribution in [1.82, 2.24) is 0 Å². The quantitative estimate of drug-likeness (QED) is 0.460. The van der Waals surface area contributed by atoms with Crippen molar-refractivity contribution in [2.75, 3.05) is 0 Å². The maximum atomic E-state index is 9.59. The Morgan fingerprint density at radius 1 is 0.941 bits per heavy atom. The van der Waals surface area contributed by atoms with Crippen LogP contribution >= 0.6 is 0 Å². The largest absolute Gasteiger partial charge is 0.506 e. The predicted molar refractivity (Wildman–Crippen MR) is 65.9 cm³/mol. The minimum absolute atomic E-state index is 0.215. The average Bonchev–Trinajstić information content (AvgIpc) is 1.96. The van der Waals surface area contributed by atoms with E-state index in [9.17, 15) is 4.79 Å². The number of hydrogen-bond acceptors (Lipinski definition) is 4. The molecule has 0 unspecified atom stereocenters. The van der Waals surface area contributed by atoms with E-state index in [0.717, 1.165) is 0 Å². The summed E-state index contributed by atoms with van der Waals surface area (Å²) in [4.78, 5) is 19.8. The molecule has 0 aliphatic heterocycles. The van der Waals surface area contributed by atoms with Gasteiger partial charge in [0, 0.05) is 0 Å². The van der Waals surface area contributed by atoms with E-state index in [1.54, 1.807) is 13.8 Å². The van der Waals surface area contributed by atoms with E-state index in [0.29, 0.717) is 0 Å². The monoisotopic (exact) mass is 250 g/mol. The zero-order valence-electron chi connectivity index (χ0n) is 12.2. The van der Waals surface area contributed by atoms with Gasteiger partial charge in [-0.05, 0) is 55.4 Å². The van der Waals surface area contributed by atoms with Gasteiger partial charge in [-0.25, -0.2) is 14.6 Å². The highest BCUT2D eigenvalue weighted by Gasteiger charge is 2.18. The van der Waals surface area contributed by atoms with Gasteiger partial charge in [-0.2, -0.15) is 0 Å². The highest BCUT2D eigenvalue weighted by atomic mass is 17.2. The molecular weight excluding hydrogens is 224 g/mol. The second-order valence-electron chi connectivity index (χ2n) is 5.82. The summed E-state index contributed by atoms with van der Waals surface area (Å²) in [6.07, 6.45) is -1.44. The first-order chi connectivity index (χ1) is 7.33. The van der Waals surface area contributed by atoms with E-state index in [1.807, 2.05) is 41.5 Å². The maximum Gasteiger partial charge on any atom is 0.506 e. The molecule has 0 aliphatic carbocycles. The molecule has 5 heteroatoms. The van der Waals surface area contributed by atoms with E-state index in [-0.39, 0.29) is 17.3 Å². The minimum atomic E-state index is -1.21. The summed E-state index contributed by atoms with van der Waals surface area (Å²) in [7, 11) is 0. The summed E-state index contributed by atoms with van der Waals surface area (Å²) in [6, 6.07) is 0. The van der Waals surface area contributed by atoms with Crippen LogP contribution in [-0.4, -0.2) is 28.6 Å². The zero-order chi connectivity index (χ0) is 14.3. The average molecular weight is 250 g/mol. The minimum Gasteiger partial charge on any atom is -0.450 e. The lowest BCUT2D eigenvalue weighted by atomic mass is 10.2. The van der Waals surface area contributed by atoms with Crippen molar-refractivity contribution < 1.29 is 24.4 Å². The Bertz CT molecular complexity index is 196. The SMILES string of the molecule is CC(C)(C)OOC(C)(C)C.CC(C)OC(=O)O. The maximum absolute atomic E-state index is 9.59. The standard InChI is InChI=1S/C8H18O2.C4H8O3/c1-7(2,3)9-10-8(4,5)6;1-3(2)7-4(5)6/h1-6H3;3H,1-2H3,(H,5,6). The highest BCUT2D eigenvalue weighted by Crippen LogP contribution is 2.14. The fraction of sp³-hybridized carbons (Fsp3) is 0.917. The van der Waals surface area contributed by atoms with Crippen molar-refractivity contribution in [3.05, 3.63) is 0 Å². The van der Waals surface area contributed by atoms with Crippen molar-refractivity contribution in [2.45, 2.75) is 72.7 Å². The van der Waals surface area contributed by atoms with E-state index >= 15 is 0 Å². The van der Waals surface area contributed by atoms with Crippen LogP contribution in [-0.2, 0) is 14.5 Å². The first-order valence-electron chi connectivity index (χ1n) is 5.60. The van der Waals surface area contributed by atoms with Crippen molar-refractivity contribution in [3.63, 3.8) is 0 Å². The smallest absolute Gasteiger partial charge is 0.450 e. The molecule has 0 heterocycles. The Morgan fingerprint density at radius 2 is 1.24 bits per heavy atom. The van der Waals surface area contributed by atoms with E-state index in [4.69, 9.17) is 14.9 Å². The third kappa shape index (κ3) is 25.5. The van der Waals surface area contributed by atoms with Crippen LogP contribution in [0.1, 0.15) is 55.4 Å². The number of carbonyl (C=O) groups is 1. The summed E-state index contributed by atoms with van der Waals surface area (Å²) in [6.45, 7) is 15.1. The number of hydrogen-bond donors (Lipinski definition) is 1. The Kier molecular flexibility index (Phi) is 8.19. The van der Waals surface area contributed by atoms with Crippen molar-refractivity contribution in [1.29, 1.82) is 0 Å². The molecule has 0 aliphatic rings. The number of carboxylic acid groups (broad SMARTS) is 1. The second kappa shape index (κ2) is 7.50. The van der Waals surface area contributed by atoms with Gasteiger partial charge < -0.3 is 9.84 Å². The highest BCUT2D eigenvalue weighted by molar-refractivity contribution is 5.56. The van der Waals surface area contributed by atoms with Gasteiger partial charge in [0.2, 0.25) is 0 Å². The van der Waals surface area contributed by atoms with Gasteiger partial charge in [0.05, 0.1) is 17.3 Å². The van der Waals surface area contributed by atoms with Crippen molar-refractivity contribution in [2.24, 2.45) is 0 Å². The van der Waals surface area contributed by atoms with Crippen LogP contribution in [0.15, 0.2) is 0 Å². The lowest BCUT2D eigenvalue weighted by molar-refractivity contribution is -0.393. The topological polar surface area (TPSA) is 65.0 Å². The fourth-order valence-corrected chi connectivity index (χ4v) is 0.452. The van der Waals surface area contributed by atoms with Crippen LogP contribution in [0.5, 0.6) is 0 Å². The number of ether oxygens (including phenoxy) is 1. The van der Waals surface area contributed by atoms with E-state index in [2.05, 4.69) is 4.74 Å². The molecular formula is C12H26O5. The van der Waals surface area contributed by atoms with Gasteiger partial charge in [-0.15, -0.1) is 0 Å². The van der Waals surface area contributed by atoms with Crippen molar-refractivity contribution >= 4 is 6.16 Å². The van der Waals surface area contributed by atoms with Crippen LogP contribution in [0, 0.1) is 0 Å². The molecule has 0 radical (unpaired) electrons. The van der Waals surface area contributed by atoms with Crippen LogP contribution in [0.4, 0.5) is 4.79 Å². The van der Waals surface area contributed by atoms with E-state index < -0.39 is 6.16 Å². The Hall–Kier alpha value is -0.810. The Morgan fingerprint density at radius 3 is 1.29 bits per heavy atom. The number of rotatable bonds is 2. The summed E-state index contributed by atoms with van der Waals surface area (Å²) in [5, 5.41) is 7.86. The van der Waals surface area contributed by atoms with Gasteiger partial charge in [0.15, 0.2) is 0 Å². The third-order valence-corrected chi connectivity index (χ3v) is 0.878. The van der Waals surface area contributed by atoms with Gasteiger partial charge >= 0.3 is 6.16 Å². The molecule has 1 N–H and O–H groups in total. The predicted octanol–water partition coefficient (Wildman–Crippen LogP) is 3.62. The van der Waals surface area contributed by atoms with Gasteiger partial charge in [-0.3, -0.25) is 0 Å². The molecule has 0 fully saturated rings. The summed E-state index contributed by atoms with van der Waals surface area (Å²) >= 11 is 0. The lowest BCUT2D eigenvalue weighted by Gasteiger charge is -2.24. The van der Waals surface area contributed by atoms with Crippen molar-refractivity contribution in [3.8, 4) is 0 Å². The first-order valence-corrected chi connectivity index (χ1v) is 5.60. The molecule has 0 saturated heterocycles. The molecule has 0 saturated carbocycles. The van der Waals surface area contributed by atoms with Gasteiger partial charge in [0.1, 0.15) is 0 Å². The summed E-state index contributed by atoms with van der Waals surface area (Å²) in [5.74, 6) is 0. The Labute approximate surface area is 104 Å². The van der Waals surface area contributed by atoms with Crippen LogP contribution in [0.25, 0.3) is 0 Å². The normalized spacial score (nSPS) is 11.8. The van der Waals surface area contributed by atoms with E-state index in [1.165, 1.54) is 0 Å². The summed E-state index contributed by atoms with van der Waals surface area (Å²) in [5.41, 5.74) is -0.430. The summed E-state index contributed by atoms with van der Waals surface area (Å²) < 4.78 is 4.17. The molecule has 0 bridgehead atoms. The van der Waals surface area contributed by atoms with Crippen LogP contribution < -0.4 is 0 Å². The lowest BCUT2D eigenvalue weighted by Crippen LogP contribution is -2.27. The van der Waals surface area contributed by atoms with Crippen LogP contribution in [0.2, 0.25) is 0 Å². The molecule has 0 amide bonds. The Balaban J connectivity index is 0. The molecule has 0 aromatic rings. The van der Waals surface area contributed by atoms with Gasteiger partial charge in [-0.1, -0.05) is 0 Å². The second-order valence-corrected chi connectivity index (χ2v) is 5.82. The molecule has 0 aromatic carbocycles. The van der Waals surface area contributed by atoms with Crippen LogP contribution in [0.3, 0.4) is 0 Å². The first kappa shape index (κ1) is 18.6. The molecule has 0 atom stereocenters. The fourth-order valence-electron chi connectivity index (χ4n) is 0.452.